The van der Waals surface area contributed by atoms with Gasteiger partial charge >= 0.3 is 41.5 Å². The van der Waals surface area contributed by atoms with E-state index in [-0.39, 0.29) is 53.1 Å². The monoisotopic (exact) mass is 846 g/mol. The summed E-state index contributed by atoms with van der Waals surface area (Å²) in [4.78, 5) is 28.4. The predicted molar refractivity (Wildman–Crippen MR) is 225 cm³/mol. The third kappa shape index (κ3) is 13.5. The average molecular weight is 848 g/mol. The molecule has 4 heterocycles. The first kappa shape index (κ1) is 49.8. The van der Waals surface area contributed by atoms with Gasteiger partial charge in [0, 0.05) is 72.3 Å². The molecule has 2 aliphatic heterocycles. The van der Waals surface area contributed by atoms with E-state index in [9.17, 15) is 14.7 Å². The van der Waals surface area contributed by atoms with Crippen LogP contribution in [-0.4, -0.2) is 52.0 Å². The van der Waals surface area contributed by atoms with Gasteiger partial charge in [-0.2, -0.15) is 0 Å². The molecule has 0 bridgehead atoms. The van der Waals surface area contributed by atoms with Crippen LogP contribution >= 0.6 is 23.2 Å². The fourth-order valence-electron chi connectivity index (χ4n) is 7.98. The van der Waals surface area contributed by atoms with Crippen molar-refractivity contribution in [2.24, 2.45) is 10.8 Å². The Morgan fingerprint density at radius 1 is 0.724 bits per heavy atom. The molecule has 0 amide bonds. The fraction of sp³-hybridized carbons (Fsp3) is 0.522. The zero-order valence-electron chi connectivity index (χ0n) is 35.3. The summed E-state index contributed by atoms with van der Waals surface area (Å²) in [6.45, 7) is 13.5. The number of hydrogen-bond donors (Lipinski definition) is 1. The summed E-state index contributed by atoms with van der Waals surface area (Å²) in [6.07, 6.45) is 12.8. The van der Waals surface area contributed by atoms with Gasteiger partial charge in [0.15, 0.2) is 0 Å². The first-order chi connectivity index (χ1) is 26.8. The molecule has 4 aromatic rings. The van der Waals surface area contributed by atoms with Crippen molar-refractivity contribution < 1.29 is 63.3 Å². The molecule has 0 fully saturated rings. The second kappa shape index (κ2) is 23.4. The van der Waals surface area contributed by atoms with Crippen LogP contribution in [0.2, 0.25) is 10.0 Å². The summed E-state index contributed by atoms with van der Waals surface area (Å²) in [5, 5.41) is 10.9. The molecule has 12 heteroatoms. The molecule has 0 saturated heterocycles. The van der Waals surface area contributed by atoms with Crippen LogP contribution in [0.1, 0.15) is 132 Å². The van der Waals surface area contributed by atoms with Gasteiger partial charge < -0.3 is 24.2 Å². The first-order valence-electron chi connectivity index (χ1n) is 20.3. The number of carbonyl (C=O) groups excluding carboxylic acids is 1. The number of aliphatic carboxylic acids is 1. The molecule has 58 heavy (non-hydrogen) atoms. The maximum absolute atomic E-state index is 12.1. The van der Waals surface area contributed by atoms with Crippen molar-refractivity contribution in [2.75, 3.05) is 19.7 Å². The van der Waals surface area contributed by atoms with E-state index in [1.54, 1.807) is 26.4 Å². The number of carboxylic acid groups (broad SMARTS) is 1. The van der Waals surface area contributed by atoms with Crippen molar-refractivity contribution in [3.8, 4) is 0 Å². The van der Waals surface area contributed by atoms with Crippen LogP contribution in [0.5, 0.6) is 0 Å². The van der Waals surface area contributed by atoms with Gasteiger partial charge in [0.25, 0.3) is 0 Å². The van der Waals surface area contributed by atoms with Crippen molar-refractivity contribution in [3.63, 3.8) is 0 Å². The van der Waals surface area contributed by atoms with Gasteiger partial charge in [-0.25, -0.2) is 0 Å². The molecule has 2 N–H and O–H groups in total. The number of unbranched alkanes of at least 4 members (excludes halogenated alkanes) is 2. The number of esters is 1. The number of rotatable bonds is 17. The van der Waals surface area contributed by atoms with E-state index in [4.69, 9.17) is 36.8 Å². The molecule has 2 aromatic carbocycles. The average Bonchev–Trinajstić information content (AvgIpc) is 3.85. The number of ether oxygens (including phenoxy) is 1. The number of halogens is 2. The Morgan fingerprint density at radius 3 is 1.57 bits per heavy atom. The van der Waals surface area contributed by atoms with Crippen molar-refractivity contribution in [2.45, 2.75) is 124 Å². The summed E-state index contributed by atoms with van der Waals surface area (Å²) in [5.41, 5.74) is 3.76. The van der Waals surface area contributed by atoms with Crippen LogP contribution in [0, 0.1) is 10.8 Å². The van der Waals surface area contributed by atoms with Crippen LogP contribution < -0.4 is 29.6 Å². The molecular formula is C46H61Cl2N2NaO7. The Labute approximate surface area is 377 Å². The summed E-state index contributed by atoms with van der Waals surface area (Å²) in [6, 6.07) is 20.8. The minimum Gasteiger partial charge on any atom is -0.870 e. The molecule has 2 unspecified atom stereocenters. The summed E-state index contributed by atoms with van der Waals surface area (Å²) in [5.74, 6) is 1.36. The normalized spacial score (nSPS) is 15.4. The van der Waals surface area contributed by atoms with Crippen LogP contribution in [-0.2, 0) is 40.3 Å². The van der Waals surface area contributed by atoms with Crippen LogP contribution in [0.3, 0.4) is 0 Å². The Balaban J connectivity index is 0.000000301. The van der Waals surface area contributed by atoms with E-state index < -0.39 is 16.8 Å². The number of hydrogen-bond acceptors (Lipinski definition) is 8. The third-order valence-electron chi connectivity index (χ3n) is 11.6. The van der Waals surface area contributed by atoms with Crippen LogP contribution in [0.25, 0.3) is 0 Å². The molecule has 2 aliphatic rings. The Hall–Kier alpha value is -2.60. The van der Waals surface area contributed by atoms with Gasteiger partial charge in [-0.05, 0) is 95.7 Å². The number of carboxylic acids is 1. The van der Waals surface area contributed by atoms with Crippen molar-refractivity contribution in [3.05, 3.63) is 117 Å². The van der Waals surface area contributed by atoms with Gasteiger partial charge in [-0.1, -0.05) is 85.3 Å². The quantitative estimate of drug-likeness (QED) is 0.0631. The van der Waals surface area contributed by atoms with Gasteiger partial charge in [-0.15, -0.1) is 0 Å². The van der Waals surface area contributed by atoms with Crippen LogP contribution in [0.15, 0.2) is 82.0 Å². The maximum Gasteiger partial charge on any atom is 1.00 e. The minimum atomic E-state index is -0.728. The van der Waals surface area contributed by atoms with Gasteiger partial charge in [0.05, 0.1) is 30.0 Å². The SMILES string of the molecule is CC(C)(CCCCC(c1ccccc1Cl)N1CCc2occc2C1)C(=O)O.CCOC(=O)C(C)(C)CCCCC(c1ccccc1Cl)N1CCc2occc2C1.[Na+].[OH-]. The first-order valence-corrected chi connectivity index (χ1v) is 21.0. The number of nitrogens with zero attached hydrogens (tertiary/aromatic N) is 2. The number of benzene rings is 2. The maximum atomic E-state index is 12.1. The van der Waals surface area contributed by atoms with Crippen molar-refractivity contribution in [1.82, 2.24) is 9.80 Å². The Morgan fingerprint density at radius 2 is 1.16 bits per heavy atom. The zero-order chi connectivity index (χ0) is 40.3. The van der Waals surface area contributed by atoms with E-state index >= 15 is 0 Å². The van der Waals surface area contributed by atoms with Gasteiger partial charge in [-0.3, -0.25) is 19.4 Å². The van der Waals surface area contributed by atoms with E-state index in [1.165, 1.54) is 16.7 Å². The molecule has 2 atom stereocenters. The second-order valence-electron chi connectivity index (χ2n) is 16.5. The number of furan rings is 2. The van der Waals surface area contributed by atoms with E-state index in [2.05, 4.69) is 40.1 Å². The smallest absolute Gasteiger partial charge is 0.870 e. The molecule has 0 aliphatic carbocycles. The third-order valence-corrected chi connectivity index (χ3v) is 12.2. The second-order valence-corrected chi connectivity index (χ2v) is 17.4. The molecular weight excluding hydrogens is 786 g/mol. The molecule has 2 aromatic heterocycles. The number of carbonyl (C=O) groups is 2. The molecule has 312 valence electrons. The molecule has 0 saturated carbocycles. The zero-order valence-corrected chi connectivity index (χ0v) is 38.8. The van der Waals surface area contributed by atoms with Crippen molar-refractivity contribution >= 4 is 35.1 Å². The minimum absolute atomic E-state index is 0. The van der Waals surface area contributed by atoms with Gasteiger partial charge in [0.1, 0.15) is 11.5 Å². The summed E-state index contributed by atoms with van der Waals surface area (Å²) >= 11 is 13.1. The molecule has 0 radical (unpaired) electrons. The van der Waals surface area contributed by atoms with E-state index in [0.717, 1.165) is 111 Å². The predicted octanol–water partition coefficient (Wildman–Crippen LogP) is 8.71. The van der Waals surface area contributed by atoms with Gasteiger partial charge in [0.2, 0.25) is 0 Å². The van der Waals surface area contributed by atoms with E-state index in [0.29, 0.717) is 13.0 Å². The van der Waals surface area contributed by atoms with Crippen molar-refractivity contribution in [1.29, 1.82) is 0 Å². The molecule has 9 nitrogen and oxygen atoms in total. The van der Waals surface area contributed by atoms with Crippen LogP contribution in [0.4, 0.5) is 0 Å². The fourth-order valence-corrected chi connectivity index (χ4v) is 8.50. The number of fused-ring (bicyclic) bond motifs is 2. The van der Waals surface area contributed by atoms with E-state index in [1.807, 2.05) is 51.1 Å². The molecule has 6 rings (SSSR count). The molecule has 0 spiro atoms. The summed E-state index contributed by atoms with van der Waals surface area (Å²) in [7, 11) is 0. The summed E-state index contributed by atoms with van der Waals surface area (Å²) < 4.78 is 16.4. The largest absolute Gasteiger partial charge is 1.00 e. The Kier molecular flexibility index (Phi) is 20.1. The standard InChI is InChI=1S/C24H32ClNO3.C22H28ClNO3.Na.H2O/c1-4-28-23(27)24(2,3)14-8-7-11-21(19-9-5-6-10-20(19)25)26-15-12-22-18(17-26)13-16-29-22;1-22(2,21(25)26)12-6-5-9-19(17-7-3-4-8-18(17)23)24-13-10-20-16(15-24)11-14-27-20;;/h5-6,9-10,13,16,21H,4,7-8,11-12,14-15,17H2,1-3H3;3-4,7-8,11,14,19H,5-6,9-10,12-13,15H2,1-2H3,(H,25,26);;1H2/q;;+1;/p-1. The topological polar surface area (TPSA) is 126 Å². The Bertz CT molecular complexity index is 1880.